The molecule has 0 amide bonds. The third-order valence-corrected chi connectivity index (χ3v) is 2.28. The maximum Gasteiger partial charge on any atom is 0.333 e. The predicted octanol–water partition coefficient (Wildman–Crippen LogP) is 0.320. The molecule has 0 bridgehead atoms. The molecule has 0 N–H and O–H groups in total. The first-order valence-electron chi connectivity index (χ1n) is 3.44. The van der Waals surface area contributed by atoms with Crippen LogP contribution >= 0.6 is 13.5 Å². The van der Waals surface area contributed by atoms with E-state index >= 15 is 0 Å². The monoisotopic (exact) mass is 192 g/mol. The van der Waals surface area contributed by atoms with Crippen LogP contribution in [-0.4, -0.2) is 21.9 Å². The molecule has 0 aliphatic carbocycles. The van der Waals surface area contributed by atoms with Crippen molar-refractivity contribution in [2.75, 3.05) is 0 Å². The molecule has 0 fully saturated rings. The van der Waals surface area contributed by atoms with E-state index in [4.69, 9.17) is 4.74 Å². The topological polar surface area (TPSA) is 26.3 Å². The third kappa shape index (κ3) is 6.19. The lowest BCUT2D eigenvalue weighted by Crippen LogP contribution is -2.17. The van der Waals surface area contributed by atoms with Crippen molar-refractivity contribution in [2.24, 2.45) is 0 Å². The van der Waals surface area contributed by atoms with Crippen molar-refractivity contribution in [1.29, 1.82) is 0 Å². The van der Waals surface area contributed by atoms with E-state index in [1.165, 1.54) is 0 Å². The van der Waals surface area contributed by atoms with Crippen LogP contribution in [0.25, 0.3) is 0 Å². The molecule has 0 aromatic heterocycles. The first kappa shape index (κ1) is 13.4. The standard InChI is InChI=1S/C7H14O2Si.H2S/c1-4-6(10)9-7(8)5(2)3;/h6H,2,4H2,1,3,10H3;1H2. The quantitative estimate of drug-likeness (QED) is 0.366. The molecule has 4 heteroatoms. The van der Waals surface area contributed by atoms with Gasteiger partial charge in [0, 0.05) is 5.57 Å². The fourth-order valence-electron chi connectivity index (χ4n) is 0.367. The Balaban J connectivity index is 0. The summed E-state index contributed by atoms with van der Waals surface area (Å²) >= 11 is 0. The minimum absolute atomic E-state index is 0. The highest BCUT2D eigenvalue weighted by Crippen LogP contribution is 1.97. The maximum atomic E-state index is 10.8. The number of hydrogen-bond donors (Lipinski definition) is 0. The lowest BCUT2D eigenvalue weighted by molar-refractivity contribution is -0.140. The molecule has 11 heavy (non-hydrogen) atoms. The van der Waals surface area contributed by atoms with Gasteiger partial charge in [-0.2, -0.15) is 13.5 Å². The minimum atomic E-state index is -0.262. The van der Waals surface area contributed by atoms with E-state index in [9.17, 15) is 4.79 Å². The predicted molar refractivity (Wildman–Crippen MR) is 55.3 cm³/mol. The first-order chi connectivity index (χ1) is 4.57. The average Bonchev–Trinajstić information content (AvgIpc) is 1.87. The van der Waals surface area contributed by atoms with Gasteiger partial charge in [0.15, 0.2) is 0 Å². The maximum absolute atomic E-state index is 10.8. The second-order valence-corrected chi connectivity index (χ2v) is 3.69. The van der Waals surface area contributed by atoms with E-state index < -0.39 is 0 Å². The highest BCUT2D eigenvalue weighted by Gasteiger charge is 2.06. The van der Waals surface area contributed by atoms with Gasteiger partial charge < -0.3 is 4.74 Å². The second kappa shape index (κ2) is 6.48. The van der Waals surface area contributed by atoms with Crippen molar-refractivity contribution in [2.45, 2.75) is 26.0 Å². The summed E-state index contributed by atoms with van der Waals surface area (Å²) in [7, 11) is 0.899. The van der Waals surface area contributed by atoms with Crippen molar-refractivity contribution in [1.82, 2.24) is 0 Å². The Labute approximate surface area is 77.9 Å². The first-order valence-corrected chi connectivity index (χ1v) is 4.59. The largest absolute Gasteiger partial charge is 0.464 e. The normalized spacial score (nSPS) is 11.5. The Morgan fingerprint density at radius 1 is 1.73 bits per heavy atom. The van der Waals surface area contributed by atoms with Gasteiger partial charge in [0.05, 0.1) is 16.0 Å². The summed E-state index contributed by atoms with van der Waals surface area (Å²) in [6.07, 6.45) is 0.908. The molecule has 0 saturated carbocycles. The van der Waals surface area contributed by atoms with Crippen LogP contribution in [0.3, 0.4) is 0 Å². The van der Waals surface area contributed by atoms with Crippen molar-refractivity contribution in [3.8, 4) is 0 Å². The molecule has 0 heterocycles. The number of carbonyl (C=O) groups is 1. The summed E-state index contributed by atoms with van der Waals surface area (Å²) in [6.45, 7) is 7.15. The summed E-state index contributed by atoms with van der Waals surface area (Å²) in [5.41, 5.74) is 0.624. The molecule has 0 saturated heterocycles. The van der Waals surface area contributed by atoms with Crippen LogP contribution in [0, 0.1) is 0 Å². The van der Waals surface area contributed by atoms with Crippen LogP contribution in [0.2, 0.25) is 0 Å². The van der Waals surface area contributed by atoms with Gasteiger partial charge in [0.1, 0.15) is 0 Å². The SMILES string of the molecule is C=C(C)C(=O)OC([SiH3])CC.S. The average molecular weight is 192 g/mol. The zero-order valence-electron chi connectivity index (χ0n) is 7.31. The van der Waals surface area contributed by atoms with E-state index in [1.54, 1.807) is 6.92 Å². The third-order valence-electron chi connectivity index (χ3n) is 1.23. The van der Waals surface area contributed by atoms with Crippen molar-refractivity contribution >= 4 is 29.7 Å². The Morgan fingerprint density at radius 2 is 2.18 bits per heavy atom. The Kier molecular flexibility index (Phi) is 7.88. The van der Waals surface area contributed by atoms with Gasteiger partial charge in [-0.15, -0.1) is 0 Å². The summed E-state index contributed by atoms with van der Waals surface area (Å²) in [5, 5.41) is 0. The zero-order valence-corrected chi connectivity index (χ0v) is 10.3. The van der Waals surface area contributed by atoms with Crippen molar-refractivity contribution < 1.29 is 9.53 Å². The lowest BCUT2D eigenvalue weighted by atomic mass is 10.4. The molecule has 0 spiro atoms. The van der Waals surface area contributed by atoms with E-state index in [1.807, 2.05) is 6.92 Å². The van der Waals surface area contributed by atoms with E-state index in [0.29, 0.717) is 5.57 Å². The Morgan fingerprint density at radius 3 is 2.45 bits per heavy atom. The number of carbonyl (C=O) groups excluding carboxylic acids is 1. The molecule has 0 aliphatic rings. The van der Waals surface area contributed by atoms with Gasteiger partial charge in [-0.3, -0.25) is 0 Å². The molecule has 0 radical (unpaired) electrons. The number of rotatable bonds is 3. The molecule has 0 aromatic carbocycles. The van der Waals surface area contributed by atoms with Gasteiger partial charge in [-0.25, -0.2) is 4.79 Å². The van der Waals surface area contributed by atoms with Gasteiger partial charge in [0.2, 0.25) is 0 Å². The fraction of sp³-hybridized carbons (Fsp3) is 0.571. The van der Waals surface area contributed by atoms with Crippen LogP contribution in [0.1, 0.15) is 20.3 Å². The number of hydrogen-bond acceptors (Lipinski definition) is 2. The smallest absolute Gasteiger partial charge is 0.333 e. The highest BCUT2D eigenvalue weighted by atomic mass is 32.1. The molecule has 0 aromatic rings. The Hall–Kier alpha value is -0.223. The molecular formula is C7H16O2SSi. The second-order valence-electron chi connectivity index (χ2n) is 2.40. The molecule has 66 valence electrons. The molecule has 0 aliphatic heterocycles. The van der Waals surface area contributed by atoms with E-state index in [2.05, 4.69) is 6.58 Å². The lowest BCUT2D eigenvalue weighted by Gasteiger charge is -2.09. The number of esters is 1. The zero-order chi connectivity index (χ0) is 8.15. The van der Waals surface area contributed by atoms with Crippen LogP contribution in [0.15, 0.2) is 12.2 Å². The summed E-state index contributed by atoms with van der Waals surface area (Å²) in [5.74, 6) is -0.262. The molecule has 1 atom stereocenters. The van der Waals surface area contributed by atoms with Crippen LogP contribution in [0.4, 0.5) is 0 Å². The molecule has 2 nitrogen and oxygen atoms in total. The van der Waals surface area contributed by atoms with Gasteiger partial charge >= 0.3 is 5.97 Å². The van der Waals surface area contributed by atoms with E-state index in [-0.39, 0.29) is 25.2 Å². The van der Waals surface area contributed by atoms with Crippen molar-refractivity contribution in [3.63, 3.8) is 0 Å². The van der Waals surface area contributed by atoms with Crippen molar-refractivity contribution in [3.05, 3.63) is 12.2 Å². The van der Waals surface area contributed by atoms with Crippen LogP contribution in [-0.2, 0) is 9.53 Å². The van der Waals surface area contributed by atoms with Gasteiger partial charge in [0.25, 0.3) is 0 Å². The highest BCUT2D eigenvalue weighted by molar-refractivity contribution is 7.59. The van der Waals surface area contributed by atoms with Gasteiger partial charge in [-0.1, -0.05) is 13.5 Å². The van der Waals surface area contributed by atoms with E-state index in [0.717, 1.165) is 16.7 Å². The summed E-state index contributed by atoms with van der Waals surface area (Å²) in [6, 6.07) is 0. The summed E-state index contributed by atoms with van der Waals surface area (Å²) < 4.78 is 4.98. The molecule has 1 unspecified atom stereocenters. The minimum Gasteiger partial charge on any atom is -0.464 e. The van der Waals surface area contributed by atoms with Crippen LogP contribution in [0.5, 0.6) is 0 Å². The molecular weight excluding hydrogens is 176 g/mol. The fourth-order valence-corrected chi connectivity index (χ4v) is 0.581. The molecule has 0 rings (SSSR count). The van der Waals surface area contributed by atoms with Crippen LogP contribution < -0.4 is 0 Å². The number of ether oxygens (including phenoxy) is 1. The summed E-state index contributed by atoms with van der Waals surface area (Å²) in [4.78, 5) is 10.8. The Bertz CT molecular complexity index is 147. The van der Waals surface area contributed by atoms with Gasteiger partial charge in [-0.05, 0) is 13.3 Å².